The molecule has 0 heterocycles. The Hall–Kier alpha value is -1.73. The van der Waals surface area contributed by atoms with Gasteiger partial charge in [-0.15, -0.1) is 0 Å². The monoisotopic (exact) mass is 372 g/mol. The van der Waals surface area contributed by atoms with E-state index < -0.39 is 21.6 Å². The molecule has 0 spiro atoms. The summed E-state index contributed by atoms with van der Waals surface area (Å²) < 4.78 is 38.2. The summed E-state index contributed by atoms with van der Waals surface area (Å²) in [5.41, 5.74) is 0.312. The fourth-order valence-corrected chi connectivity index (χ4v) is 3.64. The van der Waals surface area contributed by atoms with Crippen LogP contribution in [-0.2, 0) is 15.6 Å². The summed E-state index contributed by atoms with van der Waals surface area (Å²) in [6.07, 6.45) is 0. The minimum Gasteiger partial charge on any atom is -0.478 e. The molecule has 2 aromatic rings. The molecule has 0 fully saturated rings. The highest BCUT2D eigenvalue weighted by Gasteiger charge is 2.17. The number of rotatable bonds is 4. The van der Waals surface area contributed by atoms with E-state index in [0.29, 0.717) is 10.0 Å². The third-order valence-electron chi connectivity index (χ3n) is 2.74. The molecule has 0 aromatic heterocycles. The van der Waals surface area contributed by atoms with Gasteiger partial charge in [0.1, 0.15) is 5.82 Å². The van der Waals surface area contributed by atoms with E-state index in [1.165, 1.54) is 36.4 Å². The van der Waals surface area contributed by atoms with E-state index in [4.69, 9.17) is 5.11 Å². The fourth-order valence-electron chi connectivity index (χ4n) is 1.80. The first-order valence-corrected chi connectivity index (χ1v) is 8.23. The van der Waals surface area contributed by atoms with E-state index in [-0.39, 0.29) is 16.2 Å². The lowest BCUT2D eigenvalue weighted by molar-refractivity contribution is 0.0696. The first-order valence-electron chi connectivity index (χ1n) is 5.79. The smallest absolute Gasteiger partial charge is 0.335 e. The molecule has 0 aliphatic carbocycles. The Bertz CT molecular complexity index is 765. The lowest BCUT2D eigenvalue weighted by Crippen LogP contribution is -2.06. The van der Waals surface area contributed by atoms with Gasteiger partial charge in [0, 0.05) is 4.47 Å². The second-order valence-electron chi connectivity index (χ2n) is 4.37. The van der Waals surface area contributed by atoms with Crippen LogP contribution in [0.1, 0.15) is 15.9 Å². The first kappa shape index (κ1) is 15.7. The minimum absolute atomic E-state index is 0.00227. The Labute approximate surface area is 129 Å². The number of carboxylic acids is 1. The average molecular weight is 373 g/mol. The van der Waals surface area contributed by atoms with Gasteiger partial charge in [-0.1, -0.05) is 15.9 Å². The lowest BCUT2D eigenvalue weighted by Gasteiger charge is -2.06. The van der Waals surface area contributed by atoms with Crippen LogP contribution in [-0.4, -0.2) is 19.5 Å². The Morgan fingerprint density at radius 1 is 1.14 bits per heavy atom. The maximum absolute atomic E-state index is 13.3. The molecule has 2 rings (SSSR count). The molecule has 4 nitrogen and oxygen atoms in total. The van der Waals surface area contributed by atoms with Crippen LogP contribution in [0.15, 0.2) is 51.8 Å². The van der Waals surface area contributed by atoms with Gasteiger partial charge in [0.15, 0.2) is 9.84 Å². The molecule has 1 N–H and O–H groups in total. The maximum atomic E-state index is 13.3. The summed E-state index contributed by atoms with van der Waals surface area (Å²) in [6, 6.07) is 8.80. The highest BCUT2D eigenvalue weighted by Crippen LogP contribution is 2.21. The minimum atomic E-state index is -3.67. The summed E-state index contributed by atoms with van der Waals surface area (Å²) in [5, 5.41) is 8.78. The quantitative estimate of drug-likeness (QED) is 0.893. The van der Waals surface area contributed by atoms with Gasteiger partial charge < -0.3 is 5.11 Å². The summed E-state index contributed by atoms with van der Waals surface area (Å²) in [6.45, 7) is 0. The zero-order valence-corrected chi connectivity index (χ0v) is 13.0. The van der Waals surface area contributed by atoms with E-state index in [2.05, 4.69) is 15.9 Å². The summed E-state index contributed by atoms with van der Waals surface area (Å²) >= 11 is 3.10. The van der Waals surface area contributed by atoms with Crippen molar-refractivity contribution in [2.24, 2.45) is 0 Å². The molecule has 0 unspecified atom stereocenters. The predicted octanol–water partition coefficient (Wildman–Crippen LogP) is 3.26. The van der Waals surface area contributed by atoms with Gasteiger partial charge in [0.25, 0.3) is 0 Å². The van der Waals surface area contributed by atoms with Crippen LogP contribution >= 0.6 is 15.9 Å². The van der Waals surface area contributed by atoms with Gasteiger partial charge in [-0.2, -0.15) is 0 Å². The molecule has 0 bridgehead atoms. The topological polar surface area (TPSA) is 71.4 Å². The van der Waals surface area contributed by atoms with Gasteiger partial charge >= 0.3 is 5.97 Å². The van der Waals surface area contributed by atoms with Crippen LogP contribution in [0.5, 0.6) is 0 Å². The Morgan fingerprint density at radius 2 is 1.76 bits per heavy atom. The third-order valence-corrected chi connectivity index (χ3v) is 4.90. The van der Waals surface area contributed by atoms with E-state index in [1.54, 1.807) is 0 Å². The van der Waals surface area contributed by atoms with Crippen LogP contribution < -0.4 is 0 Å². The maximum Gasteiger partial charge on any atom is 0.335 e. The van der Waals surface area contributed by atoms with Crippen molar-refractivity contribution in [2.75, 3.05) is 0 Å². The third kappa shape index (κ3) is 3.89. The molecule has 110 valence electrons. The molecule has 0 amide bonds. The number of sulfone groups is 1. The van der Waals surface area contributed by atoms with Gasteiger partial charge in [-0.05, 0) is 48.0 Å². The molecule has 0 aliphatic heterocycles. The van der Waals surface area contributed by atoms with E-state index >= 15 is 0 Å². The number of hydrogen-bond acceptors (Lipinski definition) is 3. The second kappa shape index (κ2) is 5.95. The van der Waals surface area contributed by atoms with Gasteiger partial charge in [0.05, 0.1) is 16.2 Å². The highest BCUT2D eigenvalue weighted by atomic mass is 79.9. The van der Waals surface area contributed by atoms with Crippen molar-refractivity contribution in [1.29, 1.82) is 0 Å². The molecule has 0 radical (unpaired) electrons. The van der Waals surface area contributed by atoms with Crippen LogP contribution in [0.2, 0.25) is 0 Å². The zero-order valence-electron chi connectivity index (χ0n) is 10.6. The van der Waals surface area contributed by atoms with Crippen LogP contribution in [0.3, 0.4) is 0 Å². The normalized spacial score (nSPS) is 11.3. The molecule has 7 heteroatoms. The summed E-state index contributed by atoms with van der Waals surface area (Å²) in [7, 11) is -3.67. The molecule has 21 heavy (non-hydrogen) atoms. The molecule has 0 saturated heterocycles. The largest absolute Gasteiger partial charge is 0.478 e. The molecule has 0 saturated carbocycles. The van der Waals surface area contributed by atoms with Crippen molar-refractivity contribution in [2.45, 2.75) is 10.6 Å². The molecule has 0 aliphatic rings. The van der Waals surface area contributed by atoms with E-state index in [9.17, 15) is 17.6 Å². The predicted molar refractivity (Wildman–Crippen MR) is 78.4 cm³/mol. The van der Waals surface area contributed by atoms with Gasteiger partial charge in [-0.3, -0.25) is 0 Å². The van der Waals surface area contributed by atoms with Gasteiger partial charge in [-0.25, -0.2) is 17.6 Å². The van der Waals surface area contributed by atoms with E-state index in [0.717, 1.165) is 6.07 Å². The van der Waals surface area contributed by atoms with Crippen molar-refractivity contribution in [3.8, 4) is 0 Å². The Morgan fingerprint density at radius 3 is 2.29 bits per heavy atom. The van der Waals surface area contributed by atoms with Crippen molar-refractivity contribution in [3.05, 3.63) is 63.9 Å². The molecule has 0 atom stereocenters. The number of carbonyl (C=O) groups is 1. The van der Waals surface area contributed by atoms with Crippen molar-refractivity contribution < 1.29 is 22.7 Å². The molecule has 2 aromatic carbocycles. The number of benzene rings is 2. The van der Waals surface area contributed by atoms with Crippen molar-refractivity contribution >= 4 is 31.7 Å². The summed E-state index contributed by atoms with van der Waals surface area (Å²) in [5.74, 6) is -2.03. The Balaban J connectivity index is 2.31. The second-order valence-corrected chi connectivity index (χ2v) is 7.27. The summed E-state index contributed by atoms with van der Waals surface area (Å²) in [4.78, 5) is 10.7. The number of hydrogen-bond donors (Lipinski definition) is 1. The van der Waals surface area contributed by atoms with Crippen LogP contribution in [0.4, 0.5) is 4.39 Å². The standard InChI is InChI=1S/C14H10BrFO4S/c15-11-5-9(6-12(16)7-11)8-21(19,20)13-3-1-10(2-4-13)14(17)18/h1-7H,8H2,(H,17,18). The number of halogens is 2. The number of aromatic carboxylic acids is 1. The average Bonchev–Trinajstić information content (AvgIpc) is 2.37. The fraction of sp³-hybridized carbons (Fsp3) is 0.0714. The molecular weight excluding hydrogens is 363 g/mol. The molecular formula is C14H10BrFO4S. The Kier molecular flexibility index (Phi) is 4.43. The van der Waals surface area contributed by atoms with E-state index in [1.807, 2.05) is 0 Å². The van der Waals surface area contributed by atoms with Crippen molar-refractivity contribution in [1.82, 2.24) is 0 Å². The highest BCUT2D eigenvalue weighted by molar-refractivity contribution is 9.10. The SMILES string of the molecule is O=C(O)c1ccc(S(=O)(=O)Cc2cc(F)cc(Br)c2)cc1. The number of carboxylic acid groups (broad SMARTS) is 1. The van der Waals surface area contributed by atoms with Gasteiger partial charge in [0.2, 0.25) is 0 Å². The van der Waals surface area contributed by atoms with Crippen LogP contribution in [0, 0.1) is 5.82 Å². The lowest BCUT2D eigenvalue weighted by atomic mass is 10.2. The zero-order chi connectivity index (χ0) is 15.6. The first-order chi connectivity index (χ1) is 9.78. The van der Waals surface area contributed by atoms with Crippen LogP contribution in [0.25, 0.3) is 0 Å². The van der Waals surface area contributed by atoms with Crippen molar-refractivity contribution in [3.63, 3.8) is 0 Å².